The summed E-state index contributed by atoms with van der Waals surface area (Å²) in [5.74, 6) is -0.514. The number of aromatic hydroxyl groups is 1. The minimum absolute atomic E-state index is 0.123. The molecule has 0 unspecified atom stereocenters. The van der Waals surface area contributed by atoms with Crippen LogP contribution >= 0.6 is 31.9 Å². The van der Waals surface area contributed by atoms with Crippen LogP contribution < -0.4 is 10.7 Å². The summed E-state index contributed by atoms with van der Waals surface area (Å²) < 4.78 is 1.24. The van der Waals surface area contributed by atoms with Crippen molar-refractivity contribution < 1.29 is 14.7 Å². The summed E-state index contributed by atoms with van der Waals surface area (Å²) in [7, 11) is 0. The van der Waals surface area contributed by atoms with Gasteiger partial charge in [-0.2, -0.15) is 5.10 Å². The van der Waals surface area contributed by atoms with Crippen molar-refractivity contribution in [2.75, 3.05) is 5.32 Å². The second-order valence-corrected chi connectivity index (χ2v) is 7.63. The number of rotatable bonds is 5. The summed E-state index contributed by atoms with van der Waals surface area (Å²) in [6, 6.07) is 18.5. The third-order valence-corrected chi connectivity index (χ3v) is 5.20. The lowest BCUT2D eigenvalue weighted by Crippen LogP contribution is -2.18. The number of phenols is 1. The molecule has 3 aromatic carbocycles. The van der Waals surface area contributed by atoms with Gasteiger partial charge in [-0.3, -0.25) is 9.59 Å². The quantitative estimate of drug-likeness (QED) is 0.331. The Labute approximate surface area is 183 Å². The van der Waals surface area contributed by atoms with Crippen LogP contribution in [0.2, 0.25) is 0 Å². The van der Waals surface area contributed by atoms with E-state index in [0.717, 1.165) is 0 Å². The highest BCUT2D eigenvalue weighted by Gasteiger charge is 2.10. The van der Waals surface area contributed by atoms with Crippen molar-refractivity contribution in [3.63, 3.8) is 0 Å². The number of phenolic OH excluding ortho intramolecular Hbond substituents is 1. The summed E-state index contributed by atoms with van der Waals surface area (Å²) in [5.41, 5.74) is 4.63. The number of hydrogen-bond donors (Lipinski definition) is 3. The van der Waals surface area contributed by atoms with Crippen LogP contribution in [0.4, 0.5) is 5.69 Å². The lowest BCUT2D eigenvalue weighted by atomic mass is 10.1. The van der Waals surface area contributed by atoms with E-state index in [1.54, 1.807) is 54.6 Å². The van der Waals surface area contributed by atoms with Gasteiger partial charge in [0.05, 0.1) is 16.3 Å². The number of amides is 2. The zero-order chi connectivity index (χ0) is 20.8. The molecule has 0 aliphatic carbocycles. The van der Waals surface area contributed by atoms with E-state index >= 15 is 0 Å². The Bertz CT molecular complexity index is 1080. The van der Waals surface area contributed by atoms with Gasteiger partial charge in [-0.1, -0.05) is 12.1 Å². The second-order valence-electron chi connectivity index (χ2n) is 5.92. The largest absolute Gasteiger partial charge is 0.507 e. The van der Waals surface area contributed by atoms with Gasteiger partial charge in [-0.05, 0) is 92.0 Å². The number of hydrazone groups is 1. The molecule has 8 heteroatoms. The topological polar surface area (TPSA) is 90.8 Å². The van der Waals surface area contributed by atoms with Crippen LogP contribution in [-0.2, 0) is 0 Å². The fraction of sp³-hybridized carbons (Fsp3) is 0. The molecule has 0 aliphatic rings. The predicted molar refractivity (Wildman–Crippen MR) is 119 cm³/mol. The Balaban J connectivity index is 1.60. The first-order chi connectivity index (χ1) is 13.9. The number of halogens is 2. The molecule has 0 saturated carbocycles. The molecule has 0 aliphatic heterocycles. The summed E-state index contributed by atoms with van der Waals surface area (Å²) >= 11 is 6.56. The molecule has 0 radical (unpaired) electrons. The van der Waals surface area contributed by atoms with Crippen molar-refractivity contribution in [1.29, 1.82) is 0 Å². The maximum Gasteiger partial charge on any atom is 0.271 e. The lowest BCUT2D eigenvalue weighted by molar-refractivity contribution is 0.0954. The van der Waals surface area contributed by atoms with Crippen LogP contribution in [0, 0.1) is 0 Å². The van der Waals surface area contributed by atoms with Crippen LogP contribution in [0.3, 0.4) is 0 Å². The standard InChI is InChI=1S/C21H15Br2N3O3/c22-17-4-2-1-3-16(17)21(29)25-15-8-6-14(7-9-15)20(28)26-24-12-13-5-10-19(27)18(23)11-13/h1-12,27H,(H,25,29)(H,26,28)/b24-12+. The molecule has 0 aromatic heterocycles. The Morgan fingerprint density at radius 3 is 2.31 bits per heavy atom. The van der Waals surface area contributed by atoms with Crippen molar-refractivity contribution in [3.8, 4) is 5.75 Å². The molecular weight excluding hydrogens is 502 g/mol. The van der Waals surface area contributed by atoms with E-state index in [1.165, 1.54) is 12.3 Å². The number of hydrogen-bond acceptors (Lipinski definition) is 4. The molecule has 146 valence electrons. The lowest BCUT2D eigenvalue weighted by Gasteiger charge is -2.07. The van der Waals surface area contributed by atoms with Crippen LogP contribution in [0.5, 0.6) is 5.75 Å². The summed E-state index contributed by atoms with van der Waals surface area (Å²) in [6.45, 7) is 0. The van der Waals surface area contributed by atoms with Gasteiger partial charge in [0.15, 0.2) is 0 Å². The van der Waals surface area contributed by atoms with Gasteiger partial charge in [0.25, 0.3) is 11.8 Å². The molecule has 2 amide bonds. The predicted octanol–water partition coefficient (Wildman–Crippen LogP) is 4.93. The van der Waals surface area contributed by atoms with Gasteiger partial charge in [0, 0.05) is 15.7 Å². The highest BCUT2D eigenvalue weighted by molar-refractivity contribution is 9.10. The molecule has 0 bridgehead atoms. The van der Waals surface area contributed by atoms with E-state index in [2.05, 4.69) is 47.7 Å². The molecule has 3 N–H and O–H groups in total. The maximum atomic E-state index is 12.3. The molecule has 0 atom stereocenters. The molecular formula is C21H15Br2N3O3. The van der Waals surface area contributed by atoms with Crippen LogP contribution in [0.25, 0.3) is 0 Å². The molecule has 29 heavy (non-hydrogen) atoms. The Kier molecular flexibility index (Phi) is 6.79. The highest BCUT2D eigenvalue weighted by Crippen LogP contribution is 2.23. The SMILES string of the molecule is O=C(N/N=C/c1ccc(O)c(Br)c1)c1ccc(NC(=O)c2ccccc2Br)cc1. The summed E-state index contributed by atoms with van der Waals surface area (Å²) in [6.07, 6.45) is 1.47. The smallest absolute Gasteiger partial charge is 0.271 e. The van der Waals surface area contributed by atoms with Gasteiger partial charge in [0.1, 0.15) is 5.75 Å². The van der Waals surface area contributed by atoms with Crippen LogP contribution in [-0.4, -0.2) is 23.1 Å². The molecule has 0 fully saturated rings. The van der Waals surface area contributed by atoms with Gasteiger partial charge in [-0.25, -0.2) is 5.43 Å². The first-order valence-electron chi connectivity index (χ1n) is 8.42. The highest BCUT2D eigenvalue weighted by atomic mass is 79.9. The van der Waals surface area contributed by atoms with Crippen molar-refractivity contribution >= 4 is 55.6 Å². The molecule has 0 saturated heterocycles. The van der Waals surface area contributed by atoms with Gasteiger partial charge < -0.3 is 10.4 Å². The number of nitrogens with zero attached hydrogens (tertiary/aromatic N) is 1. The number of anilines is 1. The maximum absolute atomic E-state index is 12.3. The monoisotopic (exact) mass is 515 g/mol. The molecule has 3 aromatic rings. The minimum atomic E-state index is -0.386. The number of carbonyl (C=O) groups is 2. The fourth-order valence-electron chi connectivity index (χ4n) is 2.38. The average Bonchev–Trinajstić information content (AvgIpc) is 2.71. The van der Waals surface area contributed by atoms with Crippen molar-refractivity contribution in [2.24, 2.45) is 5.10 Å². The molecule has 3 rings (SSSR count). The molecule has 0 spiro atoms. The van der Waals surface area contributed by atoms with E-state index in [9.17, 15) is 14.7 Å². The molecule has 6 nitrogen and oxygen atoms in total. The van der Waals surface area contributed by atoms with E-state index in [1.807, 2.05) is 6.07 Å². The van der Waals surface area contributed by atoms with Gasteiger partial charge in [-0.15, -0.1) is 0 Å². The van der Waals surface area contributed by atoms with E-state index < -0.39 is 0 Å². The molecule has 0 heterocycles. The average molecular weight is 517 g/mol. The first-order valence-corrected chi connectivity index (χ1v) is 10.0. The van der Waals surface area contributed by atoms with Crippen molar-refractivity contribution in [2.45, 2.75) is 0 Å². The third kappa shape index (κ3) is 5.52. The number of benzene rings is 3. The Hall–Kier alpha value is -2.97. The summed E-state index contributed by atoms with van der Waals surface area (Å²) in [5, 5.41) is 16.2. The second kappa shape index (κ2) is 9.49. The van der Waals surface area contributed by atoms with E-state index in [4.69, 9.17) is 0 Å². The number of nitrogens with one attached hydrogen (secondary N) is 2. The van der Waals surface area contributed by atoms with Crippen LogP contribution in [0.1, 0.15) is 26.3 Å². The zero-order valence-corrected chi connectivity index (χ0v) is 18.1. The van der Waals surface area contributed by atoms with Gasteiger partial charge >= 0.3 is 0 Å². The Morgan fingerprint density at radius 2 is 1.62 bits per heavy atom. The van der Waals surface area contributed by atoms with E-state index in [-0.39, 0.29) is 17.6 Å². The van der Waals surface area contributed by atoms with Crippen LogP contribution in [0.15, 0.2) is 80.8 Å². The summed E-state index contributed by atoms with van der Waals surface area (Å²) in [4.78, 5) is 24.5. The van der Waals surface area contributed by atoms with Gasteiger partial charge in [0.2, 0.25) is 0 Å². The van der Waals surface area contributed by atoms with E-state index in [0.29, 0.717) is 31.3 Å². The van der Waals surface area contributed by atoms with Crippen molar-refractivity contribution in [3.05, 3.63) is 92.4 Å². The first kappa shape index (κ1) is 20.8. The fourth-order valence-corrected chi connectivity index (χ4v) is 3.24. The Morgan fingerprint density at radius 1 is 0.897 bits per heavy atom. The number of carbonyl (C=O) groups excluding carboxylic acids is 2. The third-order valence-electron chi connectivity index (χ3n) is 3.87. The zero-order valence-electron chi connectivity index (χ0n) is 14.9. The normalized spacial score (nSPS) is 10.7. The van der Waals surface area contributed by atoms with Crippen molar-refractivity contribution in [1.82, 2.24) is 5.43 Å². The minimum Gasteiger partial charge on any atom is -0.507 e.